The van der Waals surface area contributed by atoms with E-state index in [0.717, 1.165) is 102 Å². The van der Waals surface area contributed by atoms with Crippen LogP contribution in [0.25, 0.3) is 62.0 Å². The number of para-hydroxylation sites is 3. The van der Waals surface area contributed by atoms with Crippen LogP contribution in [0.1, 0.15) is 128 Å². The molecule has 8 aliphatic rings. The number of amides is 4. The molecule has 15 heterocycles. The summed E-state index contributed by atoms with van der Waals surface area (Å²) in [5.41, 5.74) is 12.6. The van der Waals surface area contributed by atoms with Crippen molar-refractivity contribution in [3.8, 4) is 85.0 Å². The zero-order valence-electron chi connectivity index (χ0n) is 69.2. The number of aryl methyl sites for hydroxylation is 5. The number of likely N-dealkylation sites (tertiary alicyclic amines) is 4. The molecule has 22 rings (SSSR count). The number of ether oxygens (including phenoxy) is 4. The minimum atomic E-state index is -4.59. The van der Waals surface area contributed by atoms with E-state index >= 15 is 0 Å². The van der Waals surface area contributed by atoms with E-state index in [1.54, 1.807) is 38.4 Å². The van der Waals surface area contributed by atoms with E-state index in [0.29, 0.717) is 130 Å². The minimum absolute atomic E-state index is 0. The van der Waals surface area contributed by atoms with E-state index in [2.05, 4.69) is 48.7 Å². The van der Waals surface area contributed by atoms with Gasteiger partial charge in [-0.3, -0.25) is 43.1 Å². The van der Waals surface area contributed by atoms with Crippen molar-refractivity contribution in [2.75, 3.05) is 52.4 Å². The molecule has 25 nitrogen and oxygen atoms in total. The van der Waals surface area contributed by atoms with Gasteiger partial charge in [-0.15, -0.1) is 0 Å². The van der Waals surface area contributed by atoms with E-state index in [9.17, 15) is 37.1 Å². The highest BCUT2D eigenvalue weighted by Crippen LogP contribution is 2.54. The number of alkyl halides is 3. The van der Waals surface area contributed by atoms with Crippen LogP contribution in [-0.4, -0.2) is 149 Å². The van der Waals surface area contributed by atoms with Crippen LogP contribution >= 0.6 is 11.6 Å². The van der Waals surface area contributed by atoms with Gasteiger partial charge in [-0.2, -0.15) is 33.6 Å². The highest BCUT2D eigenvalue weighted by atomic mass is 35.5. The number of nitrogens with zero attached hydrogens (tertiary/aromatic N) is 14. The number of carbonyl (C=O) groups excluding carboxylic acids is 4. The molecular weight excluding hydrogens is 1620 g/mol. The summed E-state index contributed by atoms with van der Waals surface area (Å²) in [5, 5.41) is 21.3. The molecule has 29 heteroatoms. The second kappa shape index (κ2) is 32.0. The lowest BCUT2D eigenvalue weighted by Gasteiger charge is -2.45. The van der Waals surface area contributed by atoms with E-state index in [1.807, 2.05) is 219 Å². The number of nitrogens with one attached hydrogen (secondary N) is 1. The lowest BCUT2D eigenvalue weighted by Crippen LogP contribution is -2.50. The maximum Gasteiger partial charge on any atom is 0.417 e. The third-order valence-corrected chi connectivity index (χ3v) is 25.7. The molecule has 1 N–H and O–H groups in total. The second-order valence-electron chi connectivity index (χ2n) is 32.9. The smallest absolute Gasteiger partial charge is 0.417 e. The summed E-state index contributed by atoms with van der Waals surface area (Å²) >= 11 is 6.17. The predicted molar refractivity (Wildman–Crippen MR) is 462 cm³/mol. The molecule has 4 amide bonds. The number of hydrogen-bond acceptors (Lipinski definition) is 15. The first-order valence-electron chi connectivity index (χ1n) is 41.7. The molecule has 8 aliphatic heterocycles. The zero-order chi connectivity index (χ0) is 86.3. The number of halogens is 4. The quantitative estimate of drug-likeness (QED) is 0.162. The number of aromatic nitrogens is 11. The Kier molecular flexibility index (Phi) is 20.7. The molecule has 125 heavy (non-hydrogen) atoms. The summed E-state index contributed by atoms with van der Waals surface area (Å²) in [4.78, 5) is 75.4. The van der Waals surface area contributed by atoms with Crippen LogP contribution in [-0.2, 0) is 56.8 Å². The fourth-order valence-electron chi connectivity index (χ4n) is 18.9. The van der Waals surface area contributed by atoms with Crippen molar-refractivity contribution < 1.29 is 57.1 Å². The Labute approximate surface area is 723 Å². The average Bonchev–Trinajstić information content (AvgIpc) is 1.47. The summed E-state index contributed by atoms with van der Waals surface area (Å²) in [6.45, 7) is 5.65. The van der Waals surface area contributed by atoms with Gasteiger partial charge < -0.3 is 52.1 Å². The van der Waals surface area contributed by atoms with Gasteiger partial charge in [0.1, 0.15) is 45.5 Å². The summed E-state index contributed by atoms with van der Waals surface area (Å²) in [6.07, 6.45) is 11.1. The summed E-state index contributed by atoms with van der Waals surface area (Å²) in [7, 11) is 7.54. The largest absolute Gasteiger partial charge is 0.482 e. The molecule has 0 aliphatic carbocycles. The lowest BCUT2D eigenvalue weighted by molar-refractivity contribution is -0.138. The van der Waals surface area contributed by atoms with E-state index < -0.39 is 40.1 Å². The molecule has 14 aromatic rings. The Morgan fingerprint density at radius 2 is 0.944 bits per heavy atom. The van der Waals surface area contributed by atoms with Crippen LogP contribution < -0.4 is 24.5 Å². The number of benzene rings is 7. The van der Waals surface area contributed by atoms with Gasteiger partial charge in [0.15, 0.2) is 23.4 Å². The first-order chi connectivity index (χ1) is 60.5. The van der Waals surface area contributed by atoms with Crippen LogP contribution in [0, 0.1) is 6.92 Å². The fourth-order valence-corrected chi connectivity index (χ4v) is 19.1. The van der Waals surface area contributed by atoms with Crippen molar-refractivity contribution >= 4 is 35.2 Å². The summed E-state index contributed by atoms with van der Waals surface area (Å²) in [6, 6.07) is 61.7. The van der Waals surface area contributed by atoms with E-state index in [-0.39, 0.29) is 43.4 Å². The third kappa shape index (κ3) is 14.6. The van der Waals surface area contributed by atoms with Crippen molar-refractivity contribution in [1.82, 2.24) is 73.3 Å². The number of hydrogen-bond donors (Lipinski definition) is 1. The molecule has 636 valence electrons. The topological polar surface area (TPSA) is 253 Å². The Bertz CT molecular complexity index is 6560. The molecule has 4 saturated heterocycles. The molecule has 7 aromatic heterocycles. The summed E-state index contributed by atoms with van der Waals surface area (Å²) in [5.74, 6) is 2.95. The highest BCUT2D eigenvalue weighted by Gasteiger charge is 2.51. The summed E-state index contributed by atoms with van der Waals surface area (Å²) < 4.78 is 81.5. The number of oxazole rings is 1. The second-order valence-corrected chi connectivity index (χ2v) is 33.3. The highest BCUT2D eigenvalue weighted by molar-refractivity contribution is 6.30. The molecule has 0 atom stereocenters. The number of piperidine rings is 4. The van der Waals surface area contributed by atoms with Gasteiger partial charge in [0.2, 0.25) is 5.56 Å². The van der Waals surface area contributed by atoms with Crippen molar-refractivity contribution in [3.63, 3.8) is 0 Å². The number of rotatable bonds is 6. The van der Waals surface area contributed by atoms with Gasteiger partial charge in [-0.05, 0) is 91.9 Å². The van der Waals surface area contributed by atoms with Crippen LogP contribution in [0.15, 0.2) is 247 Å². The standard InChI is InChI=1S/C25H23N5O2.C25H22N4O3.C24H20ClF3N2O2.C22H22N4O3.H2/c1-29-23-18-9-5-6-10-22(18)32-25(19(23)16-26-29)11-13-30(14-12-25)24(31)21-15-20(27-28-21)17-7-3-2-4-8-17;1-28-22-18-9-5-6-10-20(18)32-25(19(22)15-27-28)11-13-29(14-12-25)24(30)21-23(31-16-26-21)17-7-3-2-4-8-17;1-15-4-6-17(18(13-15)24(26,27)28)22(31)29-11-8-23(9-12-29)21-3-2-10-30(21)19-7-5-16(25)14-20(19)32-23;1-24-14-15(7-8-19(24)27)21(28)26-11-9-22(10-12-26)17-13-23-25(2)20(17)16-5-3-4-6-18(16)29-22;/h2-10,15-16H,11-14H2,1H3,(H,27,28);2-10,15-16H,11-14H2,1H3;2-7,10,13-14H,8-9,11-12H2,1H3;3-8,13-14H,9-12H2,1-2H3;1H. The van der Waals surface area contributed by atoms with Crippen molar-refractivity contribution in [3.05, 3.63) is 309 Å². The number of aromatic amines is 1. The first-order valence-corrected chi connectivity index (χ1v) is 42.1. The maximum atomic E-state index is 13.5. The average molecular weight is 1710 g/mol. The van der Waals surface area contributed by atoms with Gasteiger partial charge >= 0.3 is 6.18 Å². The SMILES string of the molecule is Cc1ccc(C(=O)N2CCC3(CC2)Oc2cc(Cl)ccc2-n2cccc23)c(C(F)(F)F)c1.Cn1ncc2c1-c1ccccc1OC21CCN(C(=O)c2cc(-c3ccccc3)n[nH]2)CC1.Cn1ncc2c1-c1ccccc1OC21CCN(C(=O)c2ccc(=O)n(C)c2)CC1.Cn1ncc2c1-c1ccccc1OC21CCN(C(=O)c2ncoc2-c2ccccc2)CC1.[HH]. The van der Waals surface area contributed by atoms with Crippen LogP contribution in [0.4, 0.5) is 13.2 Å². The van der Waals surface area contributed by atoms with Crippen molar-refractivity contribution in [2.45, 2.75) is 86.9 Å². The van der Waals surface area contributed by atoms with Crippen molar-refractivity contribution in [1.29, 1.82) is 0 Å². The molecule has 7 aromatic carbocycles. The number of carbonyl (C=O) groups is 4. The Hall–Kier alpha value is -14.0. The molecule has 0 radical (unpaired) electrons. The Morgan fingerprint density at radius 1 is 0.480 bits per heavy atom. The molecular formula is C96H89ClF3N15O10. The van der Waals surface area contributed by atoms with Crippen molar-refractivity contribution in [2.24, 2.45) is 28.2 Å². The Balaban J connectivity index is 0.000000114. The van der Waals surface area contributed by atoms with E-state index in [4.69, 9.17) is 35.0 Å². The van der Waals surface area contributed by atoms with E-state index in [1.165, 1.54) is 34.1 Å². The Morgan fingerprint density at radius 3 is 1.46 bits per heavy atom. The number of H-pyrrole nitrogens is 1. The van der Waals surface area contributed by atoms with Crippen LogP contribution in [0.3, 0.4) is 0 Å². The zero-order valence-corrected chi connectivity index (χ0v) is 69.9. The fraction of sp³-hybridized carbons (Fsp3) is 0.271. The molecule has 0 saturated carbocycles. The van der Waals surface area contributed by atoms with Gasteiger partial charge in [-0.25, -0.2) is 4.98 Å². The number of pyridine rings is 1. The molecule has 0 unspecified atom stereocenters. The van der Waals surface area contributed by atoms with Gasteiger partial charge in [-0.1, -0.05) is 120 Å². The van der Waals surface area contributed by atoms with Crippen LogP contribution in [0.5, 0.6) is 23.0 Å². The molecule has 0 bridgehead atoms. The minimum Gasteiger partial charge on any atom is -0.482 e. The third-order valence-electron chi connectivity index (χ3n) is 25.5. The molecule has 4 fully saturated rings. The first kappa shape index (κ1) is 80.7. The predicted octanol–water partition coefficient (Wildman–Crippen LogP) is 16.8. The maximum absolute atomic E-state index is 13.5. The monoisotopic (exact) mass is 1700 g/mol. The lowest BCUT2D eigenvalue weighted by atomic mass is 9.81. The number of fused-ring (bicyclic) bond motifs is 16. The van der Waals surface area contributed by atoms with Gasteiger partial charge in [0.25, 0.3) is 23.6 Å². The van der Waals surface area contributed by atoms with Crippen LogP contribution in [0.2, 0.25) is 5.02 Å². The molecule has 4 spiro atoms. The van der Waals surface area contributed by atoms with Gasteiger partial charge in [0, 0.05) is 207 Å². The normalized spacial score (nSPS) is 16.6. The van der Waals surface area contributed by atoms with Gasteiger partial charge in [0.05, 0.1) is 69.4 Å².